The molecule has 7 heteroatoms. The number of aliphatic imine (C=N–C) groups is 2. The molecular formula is C21H23N3O4. The van der Waals surface area contributed by atoms with Crippen LogP contribution in [0.2, 0.25) is 0 Å². The zero-order valence-corrected chi connectivity index (χ0v) is 16.0. The fourth-order valence-corrected chi connectivity index (χ4v) is 3.02. The summed E-state index contributed by atoms with van der Waals surface area (Å²) in [6, 6.07) is 7.69. The minimum absolute atomic E-state index is 0.0360. The molecule has 2 aliphatic rings. The van der Waals surface area contributed by atoms with Crippen molar-refractivity contribution in [2.24, 2.45) is 15.9 Å². The van der Waals surface area contributed by atoms with Crippen molar-refractivity contribution in [2.75, 3.05) is 33.9 Å². The maximum atomic E-state index is 12.5. The first-order chi connectivity index (χ1) is 13.6. The third-order valence-electron chi connectivity index (χ3n) is 4.55. The molecule has 0 bridgehead atoms. The summed E-state index contributed by atoms with van der Waals surface area (Å²) >= 11 is 0. The molecule has 2 amide bonds. The van der Waals surface area contributed by atoms with Crippen molar-refractivity contribution in [3.8, 4) is 5.75 Å². The van der Waals surface area contributed by atoms with Crippen LogP contribution < -0.4 is 4.74 Å². The molecule has 0 fully saturated rings. The van der Waals surface area contributed by atoms with Crippen molar-refractivity contribution in [3.63, 3.8) is 0 Å². The van der Waals surface area contributed by atoms with Crippen molar-refractivity contribution in [2.45, 2.75) is 6.42 Å². The van der Waals surface area contributed by atoms with Gasteiger partial charge in [0.2, 0.25) is 5.91 Å². The van der Waals surface area contributed by atoms with Gasteiger partial charge in [0.05, 0.1) is 19.4 Å². The zero-order valence-electron chi connectivity index (χ0n) is 16.0. The van der Waals surface area contributed by atoms with Gasteiger partial charge in [0.1, 0.15) is 18.3 Å². The molecule has 1 aromatic rings. The topological polar surface area (TPSA) is 80.6 Å². The Labute approximate surface area is 164 Å². The Morgan fingerprint density at radius 3 is 2.64 bits per heavy atom. The second-order valence-corrected chi connectivity index (χ2v) is 6.47. The van der Waals surface area contributed by atoms with E-state index in [4.69, 9.17) is 9.47 Å². The van der Waals surface area contributed by atoms with Crippen LogP contribution in [0.25, 0.3) is 0 Å². The minimum atomic E-state index is -0.420. The number of hydrogen-bond donors (Lipinski definition) is 0. The van der Waals surface area contributed by atoms with Crippen LogP contribution in [0.4, 0.5) is 0 Å². The second kappa shape index (κ2) is 9.23. The molecule has 0 aromatic heterocycles. The summed E-state index contributed by atoms with van der Waals surface area (Å²) in [6.45, 7) is 0.593. The fourth-order valence-electron chi connectivity index (χ4n) is 3.02. The lowest BCUT2D eigenvalue weighted by Gasteiger charge is -2.24. The Morgan fingerprint density at radius 1 is 1.14 bits per heavy atom. The molecule has 146 valence electrons. The average molecular weight is 381 g/mol. The number of amides is 2. The number of fused-ring (bicyclic) bond motifs is 1. The summed E-state index contributed by atoms with van der Waals surface area (Å²) in [5, 5.41) is 0. The molecule has 1 unspecified atom stereocenters. The number of nitrogens with zero attached hydrogens (tertiary/aromatic N) is 3. The van der Waals surface area contributed by atoms with Gasteiger partial charge in [-0.1, -0.05) is 30.4 Å². The van der Waals surface area contributed by atoms with E-state index >= 15 is 0 Å². The van der Waals surface area contributed by atoms with Gasteiger partial charge in [0.15, 0.2) is 5.84 Å². The van der Waals surface area contributed by atoms with Crippen LogP contribution in [0.1, 0.15) is 5.56 Å². The number of rotatable bonds is 8. The Balaban J connectivity index is 1.70. The van der Waals surface area contributed by atoms with Gasteiger partial charge in [-0.2, -0.15) is 4.99 Å². The normalized spacial score (nSPS) is 17.6. The molecule has 1 aliphatic heterocycles. The van der Waals surface area contributed by atoms with Crippen molar-refractivity contribution in [1.29, 1.82) is 0 Å². The number of hydrogen-bond acceptors (Lipinski definition) is 5. The van der Waals surface area contributed by atoms with Gasteiger partial charge in [-0.15, -0.1) is 0 Å². The Hall–Kier alpha value is -3.06. The van der Waals surface area contributed by atoms with Crippen LogP contribution in [0.5, 0.6) is 5.75 Å². The van der Waals surface area contributed by atoms with Crippen LogP contribution in [0, 0.1) is 5.92 Å². The molecule has 0 spiro atoms. The van der Waals surface area contributed by atoms with Gasteiger partial charge in [-0.25, -0.2) is 4.99 Å². The number of amidine groups is 1. The molecule has 7 nitrogen and oxygen atoms in total. The summed E-state index contributed by atoms with van der Waals surface area (Å²) in [5.74, 6) is 0.278. The fraction of sp³-hybridized carbons (Fsp3) is 0.333. The van der Waals surface area contributed by atoms with E-state index in [1.807, 2.05) is 36.4 Å². The SMILES string of the molecule is COCC(=O)N(CCc1ccc(OC)cc1)CC1=NC(=O)C2C=CC=CC2=N1. The second-order valence-electron chi connectivity index (χ2n) is 6.47. The number of methoxy groups -OCH3 is 2. The molecule has 0 saturated carbocycles. The maximum absolute atomic E-state index is 12.5. The lowest BCUT2D eigenvalue weighted by Crippen LogP contribution is -2.40. The first-order valence-electron chi connectivity index (χ1n) is 9.05. The monoisotopic (exact) mass is 381 g/mol. The lowest BCUT2D eigenvalue weighted by atomic mass is 9.96. The minimum Gasteiger partial charge on any atom is -0.497 e. The lowest BCUT2D eigenvalue weighted by molar-refractivity contribution is -0.134. The van der Waals surface area contributed by atoms with Crippen molar-refractivity contribution < 1.29 is 19.1 Å². The smallest absolute Gasteiger partial charge is 0.260 e. The van der Waals surface area contributed by atoms with E-state index in [2.05, 4.69) is 9.98 Å². The van der Waals surface area contributed by atoms with E-state index in [0.717, 1.165) is 11.3 Å². The molecule has 1 atom stereocenters. The number of ether oxygens (including phenoxy) is 2. The molecule has 1 aliphatic carbocycles. The molecule has 1 aromatic carbocycles. The Kier molecular flexibility index (Phi) is 6.49. The predicted molar refractivity (Wildman–Crippen MR) is 107 cm³/mol. The molecule has 28 heavy (non-hydrogen) atoms. The Morgan fingerprint density at radius 2 is 1.93 bits per heavy atom. The van der Waals surface area contributed by atoms with Crippen LogP contribution in [0.15, 0.2) is 58.6 Å². The molecule has 0 radical (unpaired) electrons. The van der Waals surface area contributed by atoms with E-state index in [1.54, 1.807) is 24.2 Å². The summed E-state index contributed by atoms with van der Waals surface area (Å²) in [4.78, 5) is 34.9. The zero-order chi connectivity index (χ0) is 19.9. The highest BCUT2D eigenvalue weighted by atomic mass is 16.5. The van der Waals surface area contributed by atoms with Gasteiger partial charge in [0.25, 0.3) is 5.91 Å². The number of allylic oxidation sites excluding steroid dienone is 3. The van der Waals surface area contributed by atoms with Gasteiger partial charge >= 0.3 is 0 Å². The highest BCUT2D eigenvalue weighted by Gasteiger charge is 2.27. The average Bonchev–Trinajstić information content (AvgIpc) is 2.71. The molecular weight excluding hydrogens is 358 g/mol. The van der Waals surface area contributed by atoms with Crippen LogP contribution >= 0.6 is 0 Å². The van der Waals surface area contributed by atoms with Gasteiger partial charge < -0.3 is 14.4 Å². The number of benzene rings is 1. The highest BCUT2D eigenvalue weighted by molar-refractivity contribution is 6.21. The molecule has 1 heterocycles. The van der Waals surface area contributed by atoms with Crippen LogP contribution in [-0.4, -0.2) is 62.2 Å². The quantitative estimate of drug-likeness (QED) is 0.688. The first kappa shape index (κ1) is 19.7. The third-order valence-corrected chi connectivity index (χ3v) is 4.55. The predicted octanol–water partition coefficient (Wildman–Crippen LogP) is 1.83. The Bertz CT molecular complexity index is 853. The molecule has 0 N–H and O–H groups in total. The number of carbonyl (C=O) groups excluding carboxylic acids is 2. The van der Waals surface area contributed by atoms with E-state index in [0.29, 0.717) is 24.5 Å². The largest absolute Gasteiger partial charge is 0.497 e. The number of carbonyl (C=O) groups is 2. The van der Waals surface area contributed by atoms with Crippen molar-refractivity contribution in [1.82, 2.24) is 4.90 Å². The summed E-state index contributed by atoms with van der Waals surface area (Å²) in [7, 11) is 3.10. The van der Waals surface area contributed by atoms with E-state index in [1.165, 1.54) is 7.11 Å². The standard InChI is InChI=1S/C21H23N3O4/c1-27-14-20(25)24(12-11-15-7-9-16(28-2)10-8-15)13-19-22-18-6-4-3-5-17(18)21(26)23-19/h3-10,17H,11-14H2,1-2H3. The van der Waals surface area contributed by atoms with Crippen molar-refractivity contribution in [3.05, 3.63) is 54.1 Å². The van der Waals surface area contributed by atoms with Gasteiger partial charge in [-0.3, -0.25) is 9.59 Å². The van der Waals surface area contributed by atoms with E-state index in [9.17, 15) is 9.59 Å². The summed E-state index contributed by atoms with van der Waals surface area (Å²) < 4.78 is 10.2. The van der Waals surface area contributed by atoms with Crippen molar-refractivity contribution >= 4 is 23.4 Å². The highest BCUT2D eigenvalue weighted by Crippen LogP contribution is 2.17. The van der Waals surface area contributed by atoms with E-state index in [-0.39, 0.29) is 25.0 Å². The van der Waals surface area contributed by atoms with Gasteiger partial charge in [0, 0.05) is 13.7 Å². The maximum Gasteiger partial charge on any atom is 0.260 e. The summed E-state index contributed by atoms with van der Waals surface area (Å²) in [6.07, 6.45) is 7.88. The van der Waals surface area contributed by atoms with Gasteiger partial charge in [-0.05, 0) is 30.2 Å². The molecule has 3 rings (SSSR count). The molecule has 0 saturated heterocycles. The first-order valence-corrected chi connectivity index (χ1v) is 9.05. The summed E-state index contributed by atoms with van der Waals surface area (Å²) in [5.41, 5.74) is 1.73. The third kappa shape index (κ3) is 4.80. The van der Waals surface area contributed by atoms with Crippen LogP contribution in [0.3, 0.4) is 0 Å². The van der Waals surface area contributed by atoms with Crippen LogP contribution in [-0.2, 0) is 20.7 Å². The van der Waals surface area contributed by atoms with E-state index < -0.39 is 5.92 Å².